The third-order valence-corrected chi connectivity index (χ3v) is 5.02. The van der Waals surface area contributed by atoms with Crippen LogP contribution < -0.4 is 10.6 Å². The minimum atomic E-state index is -0.131. The van der Waals surface area contributed by atoms with Crippen LogP contribution >= 0.6 is 11.8 Å². The molecule has 0 saturated heterocycles. The van der Waals surface area contributed by atoms with Gasteiger partial charge in [0.25, 0.3) is 5.91 Å². The van der Waals surface area contributed by atoms with E-state index in [9.17, 15) is 9.59 Å². The molecule has 0 aliphatic heterocycles. The zero-order valence-corrected chi connectivity index (χ0v) is 16.5. The lowest BCUT2D eigenvalue weighted by Gasteiger charge is -2.18. The molecule has 5 heteroatoms. The average Bonchev–Trinajstić information content (AvgIpc) is 2.60. The molecule has 0 radical (unpaired) electrons. The zero-order valence-electron chi connectivity index (χ0n) is 15.7. The van der Waals surface area contributed by atoms with Crippen LogP contribution in [0.1, 0.15) is 48.3 Å². The van der Waals surface area contributed by atoms with Gasteiger partial charge in [0.2, 0.25) is 5.91 Å². The summed E-state index contributed by atoms with van der Waals surface area (Å²) in [5.41, 5.74) is 2.84. The van der Waals surface area contributed by atoms with Gasteiger partial charge in [0.1, 0.15) is 0 Å². The summed E-state index contributed by atoms with van der Waals surface area (Å²) in [5.74, 6) is 0.122. The molecule has 2 amide bonds. The topological polar surface area (TPSA) is 58.2 Å². The molecule has 0 heterocycles. The first-order chi connectivity index (χ1) is 12.4. The lowest BCUT2D eigenvalue weighted by Crippen LogP contribution is -2.31. The Morgan fingerprint density at radius 3 is 2.31 bits per heavy atom. The van der Waals surface area contributed by atoms with Crippen molar-refractivity contribution in [2.24, 2.45) is 0 Å². The van der Waals surface area contributed by atoms with E-state index in [0.29, 0.717) is 5.56 Å². The number of aryl methyl sites for hydroxylation is 1. The van der Waals surface area contributed by atoms with Crippen molar-refractivity contribution in [2.45, 2.75) is 44.7 Å². The Hall–Kier alpha value is -2.27. The van der Waals surface area contributed by atoms with Crippen LogP contribution in [0.25, 0.3) is 0 Å². The second kappa shape index (κ2) is 9.43. The van der Waals surface area contributed by atoms with Gasteiger partial charge in [-0.1, -0.05) is 36.4 Å². The van der Waals surface area contributed by atoms with Crippen LogP contribution in [-0.2, 0) is 4.79 Å². The van der Waals surface area contributed by atoms with Crippen molar-refractivity contribution in [1.29, 1.82) is 0 Å². The van der Waals surface area contributed by atoms with Crippen molar-refractivity contribution in [1.82, 2.24) is 10.6 Å². The Bertz CT molecular complexity index is 774. The molecule has 0 saturated carbocycles. The zero-order chi connectivity index (χ0) is 19.1. The van der Waals surface area contributed by atoms with Gasteiger partial charge in [-0.05, 0) is 51.0 Å². The molecular formula is C21H26N2O2S. The number of amides is 2. The van der Waals surface area contributed by atoms with E-state index in [-0.39, 0.29) is 29.7 Å². The van der Waals surface area contributed by atoms with Crippen LogP contribution in [0.4, 0.5) is 0 Å². The van der Waals surface area contributed by atoms with E-state index in [1.807, 2.05) is 70.2 Å². The van der Waals surface area contributed by atoms with Gasteiger partial charge < -0.3 is 10.6 Å². The van der Waals surface area contributed by atoms with Crippen molar-refractivity contribution < 1.29 is 9.59 Å². The van der Waals surface area contributed by atoms with Crippen LogP contribution in [0, 0.1) is 6.92 Å². The first kappa shape index (κ1) is 20.0. The van der Waals surface area contributed by atoms with Crippen LogP contribution in [0.3, 0.4) is 0 Å². The fourth-order valence-corrected chi connectivity index (χ4v) is 3.57. The molecule has 0 aliphatic rings. The molecule has 1 atom stereocenters. The van der Waals surface area contributed by atoms with E-state index in [0.717, 1.165) is 16.0 Å². The normalized spacial score (nSPS) is 11.9. The molecule has 2 N–H and O–H groups in total. The van der Waals surface area contributed by atoms with Crippen molar-refractivity contribution in [3.8, 4) is 0 Å². The molecule has 0 aromatic heterocycles. The third-order valence-electron chi connectivity index (χ3n) is 3.94. The molecule has 0 spiro atoms. The van der Waals surface area contributed by atoms with Gasteiger partial charge in [-0.25, -0.2) is 0 Å². The lowest BCUT2D eigenvalue weighted by molar-refractivity contribution is -0.119. The average molecular weight is 371 g/mol. The van der Waals surface area contributed by atoms with Gasteiger partial charge in [0, 0.05) is 10.9 Å². The van der Waals surface area contributed by atoms with E-state index in [4.69, 9.17) is 0 Å². The predicted molar refractivity (Wildman–Crippen MR) is 108 cm³/mol. The number of rotatable bonds is 7. The number of carbonyl (C=O) groups is 2. The van der Waals surface area contributed by atoms with Crippen molar-refractivity contribution in [3.05, 3.63) is 65.2 Å². The number of hydrogen-bond acceptors (Lipinski definition) is 3. The minimum absolute atomic E-state index is 0.0338. The minimum Gasteiger partial charge on any atom is -0.353 e. The maximum absolute atomic E-state index is 12.8. The fraction of sp³-hybridized carbons (Fsp3) is 0.333. The van der Waals surface area contributed by atoms with Crippen LogP contribution in [0.2, 0.25) is 0 Å². The van der Waals surface area contributed by atoms with Crippen LogP contribution in [0.5, 0.6) is 0 Å². The smallest absolute Gasteiger partial charge is 0.252 e. The van der Waals surface area contributed by atoms with E-state index in [2.05, 4.69) is 10.6 Å². The summed E-state index contributed by atoms with van der Waals surface area (Å²) < 4.78 is 0. The number of nitrogens with one attached hydrogen (secondary N) is 2. The Morgan fingerprint density at radius 1 is 0.962 bits per heavy atom. The fourth-order valence-electron chi connectivity index (χ4n) is 2.71. The van der Waals surface area contributed by atoms with Crippen molar-refractivity contribution in [3.63, 3.8) is 0 Å². The van der Waals surface area contributed by atoms with Gasteiger partial charge >= 0.3 is 0 Å². The highest BCUT2D eigenvalue weighted by Crippen LogP contribution is 2.24. The first-order valence-corrected chi connectivity index (χ1v) is 9.74. The molecule has 2 rings (SSSR count). The summed E-state index contributed by atoms with van der Waals surface area (Å²) in [5, 5.41) is 5.92. The number of benzene rings is 2. The first-order valence-electron chi connectivity index (χ1n) is 8.76. The molecule has 0 bridgehead atoms. The Balaban J connectivity index is 2.07. The molecule has 26 heavy (non-hydrogen) atoms. The van der Waals surface area contributed by atoms with Gasteiger partial charge in [-0.3, -0.25) is 9.59 Å². The predicted octanol–water partition coefficient (Wildman–Crippen LogP) is 4.10. The summed E-state index contributed by atoms with van der Waals surface area (Å²) >= 11 is 1.38. The van der Waals surface area contributed by atoms with Crippen molar-refractivity contribution >= 4 is 23.6 Å². The van der Waals surface area contributed by atoms with Gasteiger partial charge in [0.05, 0.1) is 17.4 Å². The van der Waals surface area contributed by atoms with Crippen LogP contribution in [-0.4, -0.2) is 23.6 Å². The Morgan fingerprint density at radius 2 is 1.62 bits per heavy atom. The third kappa shape index (κ3) is 5.63. The summed E-state index contributed by atoms with van der Waals surface area (Å²) in [6.45, 7) is 7.87. The second-order valence-corrected chi connectivity index (χ2v) is 7.58. The molecule has 1 unspecified atom stereocenters. The number of hydrogen-bond donors (Lipinski definition) is 2. The maximum Gasteiger partial charge on any atom is 0.252 e. The highest BCUT2D eigenvalue weighted by Gasteiger charge is 2.16. The lowest BCUT2D eigenvalue weighted by atomic mass is 10.0. The van der Waals surface area contributed by atoms with E-state index in [1.165, 1.54) is 11.8 Å². The highest BCUT2D eigenvalue weighted by molar-refractivity contribution is 8.00. The molecule has 2 aromatic carbocycles. The Kier molecular flexibility index (Phi) is 7.27. The summed E-state index contributed by atoms with van der Waals surface area (Å²) in [4.78, 5) is 25.4. The summed E-state index contributed by atoms with van der Waals surface area (Å²) in [7, 11) is 0. The molecule has 2 aromatic rings. The standard InChI is InChI=1S/C21H26N2O2S/c1-14(2)22-20(24)13-26-19-12-8-7-11-18(19)21(25)23-16(4)17-10-6-5-9-15(17)3/h5-12,14,16H,13H2,1-4H3,(H,22,24)(H,23,25). The Labute approximate surface area is 159 Å². The van der Waals surface area contributed by atoms with Gasteiger partial charge in [-0.2, -0.15) is 0 Å². The van der Waals surface area contributed by atoms with Gasteiger partial charge in [-0.15, -0.1) is 11.8 Å². The summed E-state index contributed by atoms with van der Waals surface area (Å²) in [6.07, 6.45) is 0. The molecule has 138 valence electrons. The highest BCUT2D eigenvalue weighted by atomic mass is 32.2. The van der Waals surface area contributed by atoms with Crippen LogP contribution in [0.15, 0.2) is 53.4 Å². The largest absolute Gasteiger partial charge is 0.353 e. The van der Waals surface area contributed by atoms with E-state index in [1.54, 1.807) is 6.07 Å². The van der Waals surface area contributed by atoms with Gasteiger partial charge in [0.15, 0.2) is 0 Å². The quantitative estimate of drug-likeness (QED) is 0.721. The van der Waals surface area contributed by atoms with E-state index < -0.39 is 0 Å². The number of carbonyl (C=O) groups excluding carboxylic acids is 2. The molecule has 0 aliphatic carbocycles. The summed E-state index contributed by atoms with van der Waals surface area (Å²) in [6, 6.07) is 15.4. The molecular weight excluding hydrogens is 344 g/mol. The SMILES string of the molecule is Cc1ccccc1C(C)NC(=O)c1ccccc1SCC(=O)NC(C)C. The maximum atomic E-state index is 12.8. The number of thioether (sulfide) groups is 1. The molecule has 0 fully saturated rings. The monoisotopic (exact) mass is 370 g/mol. The molecule has 4 nitrogen and oxygen atoms in total. The second-order valence-electron chi connectivity index (χ2n) is 6.56. The van der Waals surface area contributed by atoms with E-state index >= 15 is 0 Å². The van der Waals surface area contributed by atoms with Crippen molar-refractivity contribution in [2.75, 3.05) is 5.75 Å².